The summed E-state index contributed by atoms with van der Waals surface area (Å²) in [6.07, 6.45) is 3.38. The number of carboxylic acids is 1. The summed E-state index contributed by atoms with van der Waals surface area (Å²) in [6, 6.07) is 1.77. The molecule has 5 nitrogen and oxygen atoms in total. The normalized spacial score (nSPS) is 15.0. The molecule has 1 heterocycles. The van der Waals surface area contributed by atoms with Gasteiger partial charge >= 0.3 is 5.97 Å². The van der Waals surface area contributed by atoms with E-state index in [-0.39, 0.29) is 0 Å². The average Bonchev–Trinajstić information content (AvgIpc) is 2.56. The number of hydrogen-bond acceptors (Lipinski definition) is 3. The predicted octanol–water partition coefficient (Wildman–Crippen LogP) is 0.336. The fourth-order valence-electron chi connectivity index (χ4n) is 1.31. The van der Waals surface area contributed by atoms with E-state index >= 15 is 0 Å². The van der Waals surface area contributed by atoms with Crippen LogP contribution >= 0.6 is 0 Å². The molecule has 0 saturated heterocycles. The number of aliphatic carboxylic acids is 1. The highest BCUT2D eigenvalue weighted by Crippen LogP contribution is 2.07. The van der Waals surface area contributed by atoms with Crippen molar-refractivity contribution < 1.29 is 9.90 Å². The summed E-state index contributed by atoms with van der Waals surface area (Å²) in [5.74, 6) is -0.866. The zero-order chi connectivity index (χ0) is 10.6. The monoisotopic (exact) mass is 197 g/mol. The summed E-state index contributed by atoms with van der Waals surface area (Å²) < 4.78 is 1.61. The molecule has 1 aromatic rings. The summed E-state index contributed by atoms with van der Waals surface area (Å²) in [6.45, 7) is 4.47. The first-order valence-corrected chi connectivity index (χ1v) is 4.54. The van der Waals surface area contributed by atoms with Crippen LogP contribution in [0.5, 0.6) is 0 Å². The number of nitrogens with one attached hydrogen (secondary N) is 1. The molecule has 1 atom stereocenters. The second-order valence-electron chi connectivity index (χ2n) is 3.37. The highest BCUT2D eigenvalue weighted by molar-refractivity contribution is 5.78. The number of carbonyl (C=O) groups is 1. The van der Waals surface area contributed by atoms with Crippen LogP contribution in [0.1, 0.15) is 13.8 Å². The average molecular weight is 197 g/mol. The Hall–Kier alpha value is -1.36. The van der Waals surface area contributed by atoms with Crippen molar-refractivity contribution in [1.29, 1.82) is 0 Å². The SMILES string of the molecule is CCNC(C)(Cn1cccn1)C(=O)O. The van der Waals surface area contributed by atoms with E-state index in [4.69, 9.17) is 5.11 Å². The van der Waals surface area contributed by atoms with Crippen molar-refractivity contribution in [3.63, 3.8) is 0 Å². The Balaban J connectivity index is 2.74. The van der Waals surface area contributed by atoms with Gasteiger partial charge in [-0.3, -0.25) is 9.48 Å². The number of carboxylic acid groups (broad SMARTS) is 1. The third kappa shape index (κ3) is 2.32. The zero-order valence-corrected chi connectivity index (χ0v) is 8.40. The van der Waals surface area contributed by atoms with E-state index < -0.39 is 11.5 Å². The number of aromatic nitrogens is 2. The Morgan fingerprint density at radius 1 is 1.71 bits per heavy atom. The van der Waals surface area contributed by atoms with E-state index in [1.54, 1.807) is 30.1 Å². The Bertz CT molecular complexity index is 297. The quantitative estimate of drug-likeness (QED) is 0.714. The molecule has 5 heteroatoms. The largest absolute Gasteiger partial charge is 0.480 e. The lowest BCUT2D eigenvalue weighted by atomic mass is 10.0. The molecule has 0 radical (unpaired) electrons. The van der Waals surface area contributed by atoms with Gasteiger partial charge < -0.3 is 10.4 Å². The molecule has 0 aliphatic heterocycles. The molecule has 0 aromatic carbocycles. The van der Waals surface area contributed by atoms with Crippen LogP contribution in [-0.2, 0) is 11.3 Å². The van der Waals surface area contributed by atoms with Gasteiger partial charge in [-0.15, -0.1) is 0 Å². The van der Waals surface area contributed by atoms with E-state index in [9.17, 15) is 4.79 Å². The fourth-order valence-corrected chi connectivity index (χ4v) is 1.31. The van der Waals surface area contributed by atoms with Crippen molar-refractivity contribution in [3.05, 3.63) is 18.5 Å². The molecular formula is C9H15N3O2. The first-order valence-electron chi connectivity index (χ1n) is 4.54. The van der Waals surface area contributed by atoms with Crippen molar-refractivity contribution in [2.45, 2.75) is 25.9 Å². The van der Waals surface area contributed by atoms with Crippen LogP contribution in [0, 0.1) is 0 Å². The molecule has 14 heavy (non-hydrogen) atoms. The van der Waals surface area contributed by atoms with Crippen LogP contribution in [0.25, 0.3) is 0 Å². The zero-order valence-electron chi connectivity index (χ0n) is 8.40. The van der Waals surface area contributed by atoms with Crippen LogP contribution in [0.4, 0.5) is 0 Å². The number of hydrogen-bond donors (Lipinski definition) is 2. The van der Waals surface area contributed by atoms with Crippen LogP contribution in [0.15, 0.2) is 18.5 Å². The number of likely N-dealkylation sites (N-methyl/N-ethyl adjacent to an activating group) is 1. The van der Waals surface area contributed by atoms with Gasteiger partial charge in [-0.1, -0.05) is 6.92 Å². The Morgan fingerprint density at radius 3 is 2.86 bits per heavy atom. The van der Waals surface area contributed by atoms with Gasteiger partial charge in [0.2, 0.25) is 0 Å². The molecule has 0 saturated carbocycles. The van der Waals surface area contributed by atoms with Gasteiger partial charge in [-0.2, -0.15) is 5.10 Å². The fraction of sp³-hybridized carbons (Fsp3) is 0.556. The van der Waals surface area contributed by atoms with Gasteiger partial charge in [0.25, 0.3) is 0 Å². The van der Waals surface area contributed by atoms with Crippen molar-refractivity contribution in [3.8, 4) is 0 Å². The minimum atomic E-state index is -0.958. The maximum atomic E-state index is 11.0. The minimum Gasteiger partial charge on any atom is -0.480 e. The first kappa shape index (κ1) is 10.7. The molecular weight excluding hydrogens is 182 g/mol. The standard InChI is InChI=1S/C9H15N3O2/c1-3-10-9(2,8(13)14)7-12-6-4-5-11-12/h4-6,10H,3,7H2,1-2H3,(H,13,14). The van der Waals surface area contributed by atoms with Crippen molar-refractivity contribution >= 4 is 5.97 Å². The smallest absolute Gasteiger partial charge is 0.325 e. The molecule has 0 aliphatic carbocycles. The Kier molecular flexibility index (Phi) is 3.24. The summed E-state index contributed by atoms with van der Waals surface area (Å²) in [5, 5.41) is 16.0. The molecule has 0 bridgehead atoms. The van der Waals surface area contributed by atoms with Crippen LogP contribution in [0.2, 0.25) is 0 Å². The lowest BCUT2D eigenvalue weighted by molar-refractivity contribution is -0.144. The van der Waals surface area contributed by atoms with E-state index in [0.29, 0.717) is 13.1 Å². The van der Waals surface area contributed by atoms with Crippen molar-refractivity contribution in [1.82, 2.24) is 15.1 Å². The first-order chi connectivity index (χ1) is 6.58. The molecule has 0 amide bonds. The topological polar surface area (TPSA) is 67.2 Å². The number of nitrogens with zero attached hydrogens (tertiary/aromatic N) is 2. The van der Waals surface area contributed by atoms with Gasteiger partial charge in [0, 0.05) is 12.4 Å². The van der Waals surface area contributed by atoms with E-state index in [0.717, 1.165) is 0 Å². The summed E-state index contributed by atoms with van der Waals surface area (Å²) in [4.78, 5) is 11.0. The molecule has 78 valence electrons. The molecule has 0 spiro atoms. The summed E-state index contributed by atoms with van der Waals surface area (Å²) in [7, 11) is 0. The Morgan fingerprint density at radius 2 is 2.43 bits per heavy atom. The lowest BCUT2D eigenvalue weighted by Gasteiger charge is -2.25. The van der Waals surface area contributed by atoms with Gasteiger partial charge in [0.05, 0.1) is 6.54 Å². The van der Waals surface area contributed by atoms with E-state index in [1.165, 1.54) is 0 Å². The molecule has 1 aromatic heterocycles. The van der Waals surface area contributed by atoms with Crippen molar-refractivity contribution in [2.24, 2.45) is 0 Å². The summed E-state index contributed by atoms with van der Waals surface area (Å²) in [5.41, 5.74) is -0.958. The third-order valence-corrected chi connectivity index (χ3v) is 2.08. The van der Waals surface area contributed by atoms with Gasteiger partial charge in [-0.05, 0) is 19.5 Å². The van der Waals surface area contributed by atoms with Gasteiger partial charge in [0.1, 0.15) is 5.54 Å². The predicted molar refractivity (Wildman–Crippen MR) is 51.9 cm³/mol. The van der Waals surface area contributed by atoms with Crippen LogP contribution in [0.3, 0.4) is 0 Å². The lowest BCUT2D eigenvalue weighted by Crippen LogP contribution is -2.52. The second-order valence-corrected chi connectivity index (χ2v) is 3.37. The highest BCUT2D eigenvalue weighted by Gasteiger charge is 2.32. The van der Waals surface area contributed by atoms with E-state index in [1.807, 2.05) is 6.92 Å². The molecule has 0 fully saturated rings. The minimum absolute atomic E-state index is 0.323. The maximum Gasteiger partial charge on any atom is 0.325 e. The van der Waals surface area contributed by atoms with Crippen LogP contribution < -0.4 is 5.32 Å². The molecule has 1 unspecified atom stereocenters. The molecule has 2 N–H and O–H groups in total. The number of rotatable bonds is 5. The maximum absolute atomic E-state index is 11.0. The molecule has 0 aliphatic rings. The molecule has 1 rings (SSSR count). The van der Waals surface area contributed by atoms with Gasteiger partial charge in [-0.25, -0.2) is 0 Å². The highest BCUT2D eigenvalue weighted by atomic mass is 16.4. The Labute approximate surface area is 82.7 Å². The third-order valence-electron chi connectivity index (χ3n) is 2.08. The second kappa shape index (κ2) is 4.23. The summed E-state index contributed by atoms with van der Waals surface area (Å²) >= 11 is 0. The van der Waals surface area contributed by atoms with Crippen LogP contribution in [-0.4, -0.2) is 32.9 Å². The van der Waals surface area contributed by atoms with Crippen molar-refractivity contribution in [2.75, 3.05) is 6.54 Å². The van der Waals surface area contributed by atoms with Gasteiger partial charge in [0.15, 0.2) is 0 Å². The van der Waals surface area contributed by atoms with E-state index in [2.05, 4.69) is 10.4 Å².